The largest absolute Gasteiger partial charge is 0.326 e. The standard InChI is InChI=1S/C20H19ClFN3O3/c1-12(13-5-3-2-4-6-13)25-19(27)17(24-20(25)28)9-10-18(26)23-14-7-8-16(22)15(21)11-14/h2-8,11-12,17H,9-10H2,1H3,(H,23,26)(H,24,28)/t12-,17+/m0/s1. The summed E-state index contributed by atoms with van der Waals surface area (Å²) in [6, 6.07) is 11.4. The number of urea groups is 1. The minimum Gasteiger partial charge on any atom is -0.326 e. The molecular formula is C20H19ClFN3O3. The molecule has 0 unspecified atom stereocenters. The Morgan fingerprint density at radius 1 is 1.25 bits per heavy atom. The lowest BCUT2D eigenvalue weighted by atomic mass is 10.1. The van der Waals surface area contributed by atoms with Gasteiger partial charge in [-0.3, -0.25) is 14.5 Å². The Kier molecular flexibility index (Phi) is 5.94. The average Bonchev–Trinajstić information content (AvgIpc) is 2.96. The molecule has 28 heavy (non-hydrogen) atoms. The van der Waals surface area contributed by atoms with Crippen LogP contribution in [-0.2, 0) is 9.59 Å². The van der Waals surface area contributed by atoms with E-state index < -0.39 is 23.9 Å². The predicted molar refractivity (Wildman–Crippen MR) is 103 cm³/mol. The highest BCUT2D eigenvalue weighted by molar-refractivity contribution is 6.31. The average molecular weight is 404 g/mol. The molecule has 1 saturated heterocycles. The number of benzene rings is 2. The Morgan fingerprint density at radius 3 is 2.64 bits per heavy atom. The Bertz CT molecular complexity index is 907. The van der Waals surface area contributed by atoms with Gasteiger partial charge in [-0.1, -0.05) is 41.9 Å². The lowest BCUT2D eigenvalue weighted by molar-refractivity contribution is -0.129. The van der Waals surface area contributed by atoms with Gasteiger partial charge < -0.3 is 10.6 Å². The Balaban J connectivity index is 1.58. The highest BCUT2D eigenvalue weighted by Crippen LogP contribution is 2.25. The van der Waals surface area contributed by atoms with Gasteiger partial charge in [-0.25, -0.2) is 9.18 Å². The molecule has 0 aliphatic carbocycles. The third kappa shape index (κ3) is 4.31. The van der Waals surface area contributed by atoms with E-state index in [-0.39, 0.29) is 29.7 Å². The fourth-order valence-corrected chi connectivity index (χ4v) is 3.24. The maximum absolute atomic E-state index is 13.2. The molecule has 0 radical (unpaired) electrons. The summed E-state index contributed by atoms with van der Waals surface area (Å²) in [5.41, 5.74) is 1.20. The van der Waals surface area contributed by atoms with E-state index in [2.05, 4.69) is 10.6 Å². The molecule has 2 N–H and O–H groups in total. The van der Waals surface area contributed by atoms with Gasteiger partial charge in [0, 0.05) is 12.1 Å². The van der Waals surface area contributed by atoms with E-state index in [1.807, 2.05) is 30.3 Å². The van der Waals surface area contributed by atoms with Crippen LogP contribution in [0.15, 0.2) is 48.5 Å². The number of hydrogen-bond acceptors (Lipinski definition) is 3. The van der Waals surface area contributed by atoms with Crippen LogP contribution in [0.1, 0.15) is 31.4 Å². The molecule has 146 valence electrons. The molecule has 2 aromatic carbocycles. The van der Waals surface area contributed by atoms with Gasteiger partial charge in [0.25, 0.3) is 5.91 Å². The van der Waals surface area contributed by atoms with Gasteiger partial charge in [0.05, 0.1) is 11.1 Å². The summed E-state index contributed by atoms with van der Waals surface area (Å²) in [5, 5.41) is 5.12. The second-order valence-corrected chi connectivity index (χ2v) is 6.92. The molecule has 6 nitrogen and oxygen atoms in total. The molecule has 0 bridgehead atoms. The van der Waals surface area contributed by atoms with Gasteiger partial charge in [0.1, 0.15) is 11.9 Å². The smallest absolute Gasteiger partial charge is 0.325 e. The number of anilines is 1. The van der Waals surface area contributed by atoms with Gasteiger partial charge in [-0.05, 0) is 37.1 Å². The van der Waals surface area contributed by atoms with Gasteiger partial charge >= 0.3 is 6.03 Å². The van der Waals surface area contributed by atoms with Crippen molar-refractivity contribution >= 4 is 35.1 Å². The molecule has 0 saturated carbocycles. The molecule has 4 amide bonds. The van der Waals surface area contributed by atoms with Crippen molar-refractivity contribution in [2.45, 2.75) is 31.8 Å². The van der Waals surface area contributed by atoms with E-state index >= 15 is 0 Å². The first-order chi connectivity index (χ1) is 13.4. The monoisotopic (exact) mass is 403 g/mol. The van der Waals surface area contributed by atoms with Crippen LogP contribution in [0.3, 0.4) is 0 Å². The number of hydrogen-bond donors (Lipinski definition) is 2. The maximum Gasteiger partial charge on any atom is 0.325 e. The van der Waals surface area contributed by atoms with Gasteiger partial charge in [-0.15, -0.1) is 0 Å². The normalized spacial score (nSPS) is 17.4. The fourth-order valence-electron chi connectivity index (χ4n) is 3.06. The molecule has 1 aliphatic heterocycles. The van der Waals surface area contributed by atoms with E-state index in [1.54, 1.807) is 6.92 Å². The van der Waals surface area contributed by atoms with Crippen LogP contribution < -0.4 is 10.6 Å². The summed E-state index contributed by atoms with van der Waals surface area (Å²) >= 11 is 5.69. The number of carbonyl (C=O) groups excluding carboxylic acids is 3. The van der Waals surface area contributed by atoms with Gasteiger partial charge in [-0.2, -0.15) is 0 Å². The summed E-state index contributed by atoms with van der Waals surface area (Å²) in [6.07, 6.45) is 0.169. The first kappa shape index (κ1) is 19.8. The molecule has 2 aromatic rings. The Labute approximate surface area is 166 Å². The van der Waals surface area contributed by atoms with Crippen molar-refractivity contribution in [3.8, 4) is 0 Å². The van der Waals surface area contributed by atoms with E-state index in [0.29, 0.717) is 5.69 Å². The lowest BCUT2D eigenvalue weighted by Crippen LogP contribution is -2.34. The third-order valence-corrected chi connectivity index (χ3v) is 4.87. The van der Waals surface area contributed by atoms with Gasteiger partial charge in [0.2, 0.25) is 5.91 Å². The molecule has 1 heterocycles. The molecule has 3 rings (SSSR count). The van der Waals surface area contributed by atoms with Crippen molar-refractivity contribution in [3.63, 3.8) is 0 Å². The number of nitrogens with zero attached hydrogens (tertiary/aromatic N) is 1. The van der Waals surface area contributed by atoms with Crippen molar-refractivity contribution in [1.29, 1.82) is 0 Å². The lowest BCUT2D eigenvalue weighted by Gasteiger charge is -2.21. The van der Waals surface area contributed by atoms with Crippen LogP contribution in [0.2, 0.25) is 5.02 Å². The second kappa shape index (κ2) is 8.39. The van der Waals surface area contributed by atoms with Crippen molar-refractivity contribution in [3.05, 3.63) is 64.9 Å². The number of imide groups is 1. The number of rotatable bonds is 6. The van der Waals surface area contributed by atoms with Crippen LogP contribution in [0.25, 0.3) is 0 Å². The summed E-state index contributed by atoms with van der Waals surface area (Å²) in [4.78, 5) is 38.2. The molecule has 1 aliphatic rings. The predicted octanol–water partition coefficient (Wildman–Crippen LogP) is 3.88. The first-order valence-corrected chi connectivity index (χ1v) is 9.18. The van der Waals surface area contributed by atoms with Crippen molar-refractivity contribution in [2.24, 2.45) is 0 Å². The molecule has 0 aromatic heterocycles. The van der Waals surface area contributed by atoms with Crippen LogP contribution in [0.4, 0.5) is 14.9 Å². The Morgan fingerprint density at radius 2 is 1.96 bits per heavy atom. The van der Waals surface area contributed by atoms with Crippen molar-refractivity contribution < 1.29 is 18.8 Å². The van der Waals surface area contributed by atoms with Crippen LogP contribution in [-0.4, -0.2) is 28.8 Å². The van der Waals surface area contributed by atoms with Gasteiger partial charge in [0.15, 0.2) is 0 Å². The second-order valence-electron chi connectivity index (χ2n) is 6.51. The zero-order valence-corrected chi connectivity index (χ0v) is 15.9. The first-order valence-electron chi connectivity index (χ1n) is 8.80. The van der Waals surface area contributed by atoms with Crippen molar-refractivity contribution in [2.75, 3.05) is 5.32 Å². The maximum atomic E-state index is 13.2. The van der Waals surface area contributed by atoms with E-state index in [0.717, 1.165) is 11.6 Å². The molecular weight excluding hydrogens is 385 g/mol. The number of carbonyl (C=O) groups is 3. The molecule has 2 atom stereocenters. The highest BCUT2D eigenvalue weighted by Gasteiger charge is 2.40. The van der Waals surface area contributed by atoms with Crippen LogP contribution in [0, 0.1) is 5.82 Å². The van der Waals surface area contributed by atoms with Crippen LogP contribution >= 0.6 is 11.6 Å². The zero-order chi connectivity index (χ0) is 20.3. The zero-order valence-electron chi connectivity index (χ0n) is 15.1. The minimum atomic E-state index is -0.763. The van der Waals surface area contributed by atoms with Crippen LogP contribution in [0.5, 0.6) is 0 Å². The van der Waals surface area contributed by atoms with E-state index in [1.165, 1.54) is 17.0 Å². The topological polar surface area (TPSA) is 78.5 Å². The number of halogens is 2. The quantitative estimate of drug-likeness (QED) is 0.718. The third-order valence-electron chi connectivity index (χ3n) is 4.58. The molecule has 8 heteroatoms. The SMILES string of the molecule is C[C@@H](c1ccccc1)N1C(=O)N[C@H](CCC(=O)Nc2ccc(F)c(Cl)c2)C1=O. The summed E-state index contributed by atoms with van der Waals surface area (Å²) in [5.74, 6) is -1.30. The number of nitrogens with one attached hydrogen (secondary N) is 2. The highest BCUT2D eigenvalue weighted by atomic mass is 35.5. The summed E-state index contributed by atoms with van der Waals surface area (Å²) in [7, 11) is 0. The molecule has 0 spiro atoms. The minimum absolute atomic E-state index is 0.0131. The summed E-state index contributed by atoms with van der Waals surface area (Å²) < 4.78 is 13.2. The Hall–Kier alpha value is -2.93. The number of amides is 4. The van der Waals surface area contributed by atoms with Crippen molar-refractivity contribution in [1.82, 2.24) is 10.2 Å². The fraction of sp³-hybridized carbons (Fsp3) is 0.250. The summed E-state index contributed by atoms with van der Waals surface area (Å²) in [6.45, 7) is 1.78. The van der Waals surface area contributed by atoms with E-state index in [4.69, 9.17) is 11.6 Å². The van der Waals surface area contributed by atoms with E-state index in [9.17, 15) is 18.8 Å². The molecule has 1 fully saturated rings.